The van der Waals surface area contributed by atoms with Gasteiger partial charge in [-0.15, -0.1) is 0 Å². The lowest BCUT2D eigenvalue weighted by Crippen LogP contribution is -2.48. The van der Waals surface area contributed by atoms with Crippen molar-refractivity contribution in [2.45, 2.75) is 44.8 Å². The molecule has 1 heterocycles. The van der Waals surface area contributed by atoms with Crippen molar-refractivity contribution in [1.29, 1.82) is 0 Å². The van der Waals surface area contributed by atoms with Crippen LogP contribution in [0.2, 0.25) is 0 Å². The molecule has 7 nitrogen and oxygen atoms in total. The standard InChI is InChI=1S/C29H34N4O3/c30-18-21-11-13-24(14-12-21)28(34)33-27(29(35)32-25-9-5-15-31-19-25)17-23-8-4-10-26(16-23)36-20-22-6-2-1-3-7-22/h1-10,15-16,19,21,24,27H,11-14,17-18,20,30H2,(H,32,35)(H,33,34)/t21?,24?,27-/m0/s1. The van der Waals surface area contributed by atoms with Crippen molar-refractivity contribution < 1.29 is 14.3 Å². The first kappa shape index (κ1) is 25.4. The second-order valence-corrected chi connectivity index (χ2v) is 9.37. The van der Waals surface area contributed by atoms with E-state index in [1.807, 2.05) is 54.6 Å². The molecule has 0 radical (unpaired) electrons. The lowest BCUT2D eigenvalue weighted by atomic mass is 9.81. The molecule has 0 spiro atoms. The molecule has 7 heteroatoms. The number of hydrogen-bond acceptors (Lipinski definition) is 5. The van der Waals surface area contributed by atoms with Crippen molar-refractivity contribution in [3.8, 4) is 5.75 Å². The number of aromatic nitrogens is 1. The molecule has 2 aromatic carbocycles. The Balaban J connectivity index is 1.44. The van der Waals surface area contributed by atoms with E-state index in [9.17, 15) is 9.59 Å². The molecule has 0 aliphatic heterocycles. The summed E-state index contributed by atoms with van der Waals surface area (Å²) in [5.41, 5.74) is 8.37. The molecule has 4 N–H and O–H groups in total. The number of nitrogens with one attached hydrogen (secondary N) is 2. The summed E-state index contributed by atoms with van der Waals surface area (Å²) < 4.78 is 5.96. The highest BCUT2D eigenvalue weighted by molar-refractivity contribution is 5.97. The van der Waals surface area contributed by atoms with Crippen LogP contribution >= 0.6 is 0 Å². The van der Waals surface area contributed by atoms with Crippen molar-refractivity contribution >= 4 is 17.5 Å². The van der Waals surface area contributed by atoms with Gasteiger partial charge in [0.05, 0.1) is 11.9 Å². The van der Waals surface area contributed by atoms with Crippen molar-refractivity contribution in [3.63, 3.8) is 0 Å². The van der Waals surface area contributed by atoms with Gasteiger partial charge in [-0.25, -0.2) is 0 Å². The van der Waals surface area contributed by atoms with Crippen molar-refractivity contribution in [2.24, 2.45) is 17.6 Å². The van der Waals surface area contributed by atoms with E-state index < -0.39 is 6.04 Å². The molecule has 0 saturated heterocycles. The van der Waals surface area contributed by atoms with Crippen LogP contribution in [0.1, 0.15) is 36.8 Å². The summed E-state index contributed by atoms with van der Waals surface area (Å²) >= 11 is 0. The number of pyridine rings is 1. The SMILES string of the molecule is NCC1CCC(C(=O)N[C@@H](Cc2cccc(OCc3ccccc3)c2)C(=O)Nc2cccnc2)CC1. The Morgan fingerprint density at radius 2 is 1.75 bits per heavy atom. The highest BCUT2D eigenvalue weighted by Crippen LogP contribution is 2.28. The number of ether oxygens (including phenoxy) is 1. The van der Waals surface area contributed by atoms with E-state index in [1.54, 1.807) is 24.5 Å². The van der Waals surface area contributed by atoms with E-state index in [4.69, 9.17) is 10.5 Å². The van der Waals surface area contributed by atoms with Crippen molar-refractivity contribution in [2.75, 3.05) is 11.9 Å². The van der Waals surface area contributed by atoms with Crippen LogP contribution in [0.15, 0.2) is 79.1 Å². The van der Waals surface area contributed by atoms with Crippen LogP contribution in [0.5, 0.6) is 5.75 Å². The van der Waals surface area contributed by atoms with Crippen LogP contribution in [-0.4, -0.2) is 29.4 Å². The van der Waals surface area contributed by atoms with E-state index in [0.717, 1.165) is 36.8 Å². The maximum atomic E-state index is 13.2. The summed E-state index contributed by atoms with van der Waals surface area (Å²) in [6.07, 6.45) is 7.07. The van der Waals surface area contributed by atoms with Gasteiger partial charge < -0.3 is 21.1 Å². The quantitative estimate of drug-likeness (QED) is 0.400. The topological polar surface area (TPSA) is 106 Å². The summed E-state index contributed by atoms with van der Waals surface area (Å²) in [6.45, 7) is 1.12. The normalized spacial score (nSPS) is 18.1. The molecule has 2 amide bonds. The minimum absolute atomic E-state index is 0.0757. The molecule has 1 aliphatic rings. The summed E-state index contributed by atoms with van der Waals surface area (Å²) in [5.74, 6) is 0.754. The van der Waals surface area contributed by atoms with Crippen LogP contribution in [0, 0.1) is 11.8 Å². The van der Waals surface area contributed by atoms with E-state index >= 15 is 0 Å². The van der Waals surface area contributed by atoms with Gasteiger partial charge >= 0.3 is 0 Å². The van der Waals surface area contributed by atoms with Gasteiger partial charge in [-0.05, 0) is 73.5 Å². The van der Waals surface area contributed by atoms with Gasteiger partial charge in [0.1, 0.15) is 18.4 Å². The lowest BCUT2D eigenvalue weighted by molar-refractivity contribution is -0.130. The molecule has 3 aromatic rings. The second kappa shape index (κ2) is 12.8. The number of rotatable bonds is 10. The molecule has 1 aromatic heterocycles. The van der Waals surface area contributed by atoms with E-state index in [2.05, 4.69) is 15.6 Å². The minimum Gasteiger partial charge on any atom is -0.489 e. The molecule has 0 bridgehead atoms. The zero-order valence-corrected chi connectivity index (χ0v) is 20.4. The van der Waals surface area contributed by atoms with Gasteiger partial charge in [0.25, 0.3) is 0 Å². The highest BCUT2D eigenvalue weighted by atomic mass is 16.5. The summed E-state index contributed by atoms with van der Waals surface area (Å²) in [4.78, 5) is 30.4. The van der Waals surface area contributed by atoms with Gasteiger partial charge in [-0.1, -0.05) is 42.5 Å². The predicted octanol–water partition coefficient (Wildman–Crippen LogP) is 4.09. The number of carbonyl (C=O) groups is 2. The first-order valence-electron chi connectivity index (χ1n) is 12.6. The van der Waals surface area contributed by atoms with Crippen LogP contribution in [-0.2, 0) is 22.6 Å². The van der Waals surface area contributed by atoms with Gasteiger partial charge in [0.2, 0.25) is 11.8 Å². The third kappa shape index (κ3) is 7.39. The first-order valence-corrected chi connectivity index (χ1v) is 12.6. The largest absolute Gasteiger partial charge is 0.489 e. The Morgan fingerprint density at radius 1 is 0.972 bits per heavy atom. The molecule has 188 valence electrons. The van der Waals surface area contributed by atoms with Crippen molar-refractivity contribution in [1.82, 2.24) is 10.3 Å². The smallest absolute Gasteiger partial charge is 0.247 e. The zero-order valence-electron chi connectivity index (χ0n) is 20.4. The van der Waals surface area contributed by atoms with Gasteiger partial charge in [0, 0.05) is 18.5 Å². The fourth-order valence-corrected chi connectivity index (χ4v) is 4.56. The average molecular weight is 487 g/mol. The number of nitrogens with zero attached hydrogens (tertiary/aromatic N) is 1. The lowest BCUT2D eigenvalue weighted by Gasteiger charge is -2.28. The Bertz CT molecular complexity index is 1120. The van der Waals surface area contributed by atoms with Crippen LogP contribution in [0.25, 0.3) is 0 Å². The number of benzene rings is 2. The molecular formula is C29H34N4O3. The molecule has 0 unspecified atom stereocenters. The van der Waals surface area contributed by atoms with E-state index in [-0.39, 0.29) is 17.7 Å². The maximum Gasteiger partial charge on any atom is 0.247 e. The van der Waals surface area contributed by atoms with Crippen LogP contribution in [0.3, 0.4) is 0 Å². The third-order valence-electron chi connectivity index (χ3n) is 6.70. The molecule has 1 atom stereocenters. The third-order valence-corrected chi connectivity index (χ3v) is 6.70. The number of hydrogen-bond donors (Lipinski definition) is 3. The maximum absolute atomic E-state index is 13.2. The molecule has 1 saturated carbocycles. The summed E-state index contributed by atoms with van der Waals surface area (Å²) in [7, 11) is 0. The molecule has 4 rings (SSSR count). The number of amides is 2. The molecule has 36 heavy (non-hydrogen) atoms. The Morgan fingerprint density at radius 3 is 2.47 bits per heavy atom. The number of nitrogens with two attached hydrogens (primary N) is 1. The fourth-order valence-electron chi connectivity index (χ4n) is 4.56. The average Bonchev–Trinajstić information content (AvgIpc) is 2.93. The Kier molecular flexibility index (Phi) is 9.05. The fraction of sp³-hybridized carbons (Fsp3) is 0.345. The second-order valence-electron chi connectivity index (χ2n) is 9.37. The molecule has 1 aliphatic carbocycles. The highest BCUT2D eigenvalue weighted by Gasteiger charge is 2.29. The monoisotopic (exact) mass is 486 g/mol. The van der Waals surface area contributed by atoms with Crippen LogP contribution < -0.4 is 21.1 Å². The van der Waals surface area contributed by atoms with Gasteiger partial charge in [-0.2, -0.15) is 0 Å². The van der Waals surface area contributed by atoms with E-state index in [1.165, 1.54) is 0 Å². The Labute approximate surface area is 212 Å². The zero-order chi connectivity index (χ0) is 25.2. The predicted molar refractivity (Wildman–Crippen MR) is 140 cm³/mol. The Hall–Kier alpha value is -3.71. The molecule has 1 fully saturated rings. The number of carbonyl (C=O) groups excluding carboxylic acids is 2. The van der Waals surface area contributed by atoms with Crippen LogP contribution in [0.4, 0.5) is 5.69 Å². The number of anilines is 1. The van der Waals surface area contributed by atoms with E-state index in [0.29, 0.717) is 36.9 Å². The van der Waals surface area contributed by atoms with Crippen molar-refractivity contribution in [3.05, 3.63) is 90.3 Å². The molecular weight excluding hydrogens is 452 g/mol. The first-order chi connectivity index (χ1) is 17.6. The summed E-state index contributed by atoms with van der Waals surface area (Å²) in [5, 5.41) is 5.91. The van der Waals surface area contributed by atoms with Gasteiger partial charge in [-0.3, -0.25) is 14.6 Å². The van der Waals surface area contributed by atoms with Gasteiger partial charge in [0.15, 0.2) is 0 Å². The summed E-state index contributed by atoms with van der Waals surface area (Å²) in [6, 6.07) is 20.4. The minimum atomic E-state index is -0.727.